The number of carbonyl (C=O) groups is 1. The van der Waals surface area contributed by atoms with Gasteiger partial charge in [0.2, 0.25) is 5.91 Å². The predicted molar refractivity (Wildman–Crippen MR) is 75.5 cm³/mol. The van der Waals surface area contributed by atoms with Gasteiger partial charge in [-0.25, -0.2) is 0 Å². The van der Waals surface area contributed by atoms with Gasteiger partial charge in [-0.1, -0.05) is 6.92 Å². The van der Waals surface area contributed by atoms with Crippen LogP contribution in [-0.4, -0.2) is 29.7 Å². The van der Waals surface area contributed by atoms with E-state index in [0.29, 0.717) is 18.9 Å². The van der Waals surface area contributed by atoms with Crippen molar-refractivity contribution in [1.29, 1.82) is 0 Å². The highest BCUT2D eigenvalue weighted by molar-refractivity contribution is 5.83. The molecule has 0 aromatic carbocycles. The van der Waals surface area contributed by atoms with Gasteiger partial charge in [-0.3, -0.25) is 4.79 Å². The Morgan fingerprint density at radius 2 is 2.00 bits per heavy atom. The Morgan fingerprint density at radius 1 is 1.32 bits per heavy atom. The molecule has 2 atom stereocenters. The average molecular weight is 268 g/mol. The van der Waals surface area contributed by atoms with Crippen molar-refractivity contribution in [2.24, 2.45) is 17.1 Å². The minimum atomic E-state index is -0.352. The number of nitrogens with one attached hydrogen (secondary N) is 1. The molecule has 0 radical (unpaired) electrons. The first-order valence-corrected chi connectivity index (χ1v) is 7.75. The summed E-state index contributed by atoms with van der Waals surface area (Å²) >= 11 is 0. The van der Waals surface area contributed by atoms with Gasteiger partial charge in [0.1, 0.15) is 0 Å². The number of carbonyl (C=O) groups excluding carboxylic acids is 1. The summed E-state index contributed by atoms with van der Waals surface area (Å²) in [7, 11) is 0. The molecule has 19 heavy (non-hydrogen) atoms. The van der Waals surface area contributed by atoms with Crippen molar-refractivity contribution in [1.82, 2.24) is 5.32 Å². The van der Waals surface area contributed by atoms with Gasteiger partial charge in [-0.15, -0.1) is 0 Å². The van der Waals surface area contributed by atoms with Gasteiger partial charge in [0, 0.05) is 12.6 Å². The normalized spacial score (nSPS) is 39.8. The van der Waals surface area contributed by atoms with Gasteiger partial charge in [-0.2, -0.15) is 0 Å². The largest absolute Gasteiger partial charge is 0.393 e. The standard InChI is InChI=1S/C15H28N2O2/c1-11-5-7-15(10-16,8-6-11)14(19)17-12-3-2-4-13(18)9-12/h11-13,18H,2-10,16H2,1H3,(H,17,19). The minimum absolute atomic E-state index is 0.126. The van der Waals surface area contributed by atoms with E-state index in [1.807, 2.05) is 0 Å². The molecule has 2 aliphatic rings. The van der Waals surface area contributed by atoms with E-state index in [1.54, 1.807) is 0 Å². The molecule has 0 aliphatic heterocycles. The van der Waals surface area contributed by atoms with Crippen molar-refractivity contribution < 1.29 is 9.90 Å². The third-order valence-corrected chi connectivity index (χ3v) is 5.09. The predicted octanol–water partition coefficient (Wildman–Crippen LogP) is 1.56. The van der Waals surface area contributed by atoms with Crippen LogP contribution in [0.5, 0.6) is 0 Å². The van der Waals surface area contributed by atoms with Gasteiger partial charge in [0.05, 0.1) is 11.5 Å². The van der Waals surface area contributed by atoms with E-state index in [1.165, 1.54) is 0 Å². The van der Waals surface area contributed by atoms with Crippen LogP contribution in [0.2, 0.25) is 0 Å². The first kappa shape index (κ1) is 14.8. The van der Waals surface area contributed by atoms with Crippen LogP contribution >= 0.6 is 0 Å². The molecule has 2 unspecified atom stereocenters. The molecule has 110 valence electrons. The van der Waals surface area contributed by atoms with Crippen LogP contribution in [0.4, 0.5) is 0 Å². The molecule has 0 spiro atoms. The van der Waals surface area contributed by atoms with Crippen molar-refractivity contribution in [3.8, 4) is 0 Å². The molecule has 2 fully saturated rings. The number of rotatable bonds is 3. The van der Waals surface area contributed by atoms with E-state index in [0.717, 1.165) is 44.9 Å². The molecule has 4 heteroatoms. The monoisotopic (exact) mass is 268 g/mol. The smallest absolute Gasteiger partial charge is 0.227 e. The zero-order chi connectivity index (χ0) is 13.9. The van der Waals surface area contributed by atoms with Crippen molar-refractivity contribution in [2.45, 2.75) is 70.4 Å². The minimum Gasteiger partial charge on any atom is -0.393 e. The van der Waals surface area contributed by atoms with E-state index in [4.69, 9.17) is 5.73 Å². The molecule has 4 nitrogen and oxygen atoms in total. The molecule has 2 aliphatic carbocycles. The van der Waals surface area contributed by atoms with Crippen LogP contribution in [0.15, 0.2) is 0 Å². The van der Waals surface area contributed by atoms with Gasteiger partial charge < -0.3 is 16.2 Å². The Morgan fingerprint density at radius 3 is 2.58 bits per heavy atom. The third-order valence-electron chi connectivity index (χ3n) is 5.09. The van der Waals surface area contributed by atoms with Gasteiger partial charge in [0.15, 0.2) is 0 Å². The average Bonchev–Trinajstić information content (AvgIpc) is 2.40. The topological polar surface area (TPSA) is 75.4 Å². The second-order valence-corrected chi connectivity index (χ2v) is 6.66. The summed E-state index contributed by atoms with van der Waals surface area (Å²) in [4.78, 5) is 12.6. The fraction of sp³-hybridized carbons (Fsp3) is 0.933. The van der Waals surface area contributed by atoms with Crippen molar-refractivity contribution >= 4 is 5.91 Å². The number of amides is 1. The van der Waals surface area contributed by atoms with Crippen LogP contribution in [0.1, 0.15) is 58.3 Å². The molecule has 0 heterocycles. The second-order valence-electron chi connectivity index (χ2n) is 6.66. The summed E-state index contributed by atoms with van der Waals surface area (Å²) in [5.74, 6) is 0.838. The first-order chi connectivity index (χ1) is 9.05. The number of hydrogen-bond donors (Lipinski definition) is 3. The second kappa shape index (κ2) is 6.23. The Hall–Kier alpha value is -0.610. The quantitative estimate of drug-likeness (QED) is 0.727. The van der Waals surface area contributed by atoms with Crippen molar-refractivity contribution in [3.05, 3.63) is 0 Å². The van der Waals surface area contributed by atoms with Crippen LogP contribution in [0, 0.1) is 11.3 Å². The molecule has 2 rings (SSSR count). The summed E-state index contributed by atoms with van der Waals surface area (Å²) in [5, 5.41) is 12.8. The van der Waals surface area contributed by atoms with E-state index >= 15 is 0 Å². The molecule has 0 bridgehead atoms. The zero-order valence-electron chi connectivity index (χ0n) is 12.0. The molecule has 1 amide bonds. The highest BCUT2D eigenvalue weighted by Crippen LogP contribution is 2.38. The van der Waals surface area contributed by atoms with Gasteiger partial charge in [0.25, 0.3) is 0 Å². The maximum atomic E-state index is 12.6. The maximum Gasteiger partial charge on any atom is 0.227 e. The van der Waals surface area contributed by atoms with Gasteiger partial charge >= 0.3 is 0 Å². The SMILES string of the molecule is CC1CCC(CN)(C(=O)NC2CCCC(O)C2)CC1. The fourth-order valence-electron chi connectivity index (χ4n) is 3.47. The molecule has 4 N–H and O–H groups in total. The van der Waals surface area contributed by atoms with Crippen molar-refractivity contribution in [3.63, 3.8) is 0 Å². The van der Waals surface area contributed by atoms with Crippen molar-refractivity contribution in [2.75, 3.05) is 6.54 Å². The summed E-state index contributed by atoms with van der Waals surface area (Å²) in [5.41, 5.74) is 5.55. The van der Waals surface area contributed by atoms with Crippen LogP contribution in [0.3, 0.4) is 0 Å². The number of aliphatic hydroxyl groups is 1. The zero-order valence-corrected chi connectivity index (χ0v) is 12.0. The van der Waals surface area contributed by atoms with E-state index < -0.39 is 0 Å². The summed E-state index contributed by atoms with van der Waals surface area (Å²) in [6.45, 7) is 2.69. The van der Waals surface area contributed by atoms with E-state index in [2.05, 4.69) is 12.2 Å². The summed E-state index contributed by atoms with van der Waals surface area (Å²) in [6, 6.07) is 0.138. The molecule has 0 aromatic rings. The van der Waals surface area contributed by atoms with Gasteiger partial charge in [-0.05, 0) is 57.3 Å². The lowest BCUT2D eigenvalue weighted by atomic mass is 9.70. The maximum absolute atomic E-state index is 12.6. The summed E-state index contributed by atoms with van der Waals surface area (Å²) in [6.07, 6.45) is 7.31. The number of hydrogen-bond acceptors (Lipinski definition) is 3. The van der Waals surface area contributed by atoms with Crippen LogP contribution < -0.4 is 11.1 Å². The summed E-state index contributed by atoms with van der Waals surface area (Å²) < 4.78 is 0. The Bertz CT molecular complexity index is 311. The molecular formula is C15H28N2O2. The molecule has 0 saturated heterocycles. The Kier molecular flexibility index (Phi) is 4.85. The van der Waals surface area contributed by atoms with Crippen LogP contribution in [-0.2, 0) is 4.79 Å². The lowest BCUT2D eigenvalue weighted by Gasteiger charge is -2.39. The van der Waals surface area contributed by atoms with E-state index in [9.17, 15) is 9.90 Å². The number of nitrogens with two attached hydrogens (primary N) is 1. The first-order valence-electron chi connectivity index (χ1n) is 7.75. The number of aliphatic hydroxyl groups excluding tert-OH is 1. The lowest BCUT2D eigenvalue weighted by molar-refractivity contribution is -0.134. The Balaban J connectivity index is 1.93. The fourth-order valence-corrected chi connectivity index (χ4v) is 3.47. The molecule has 0 aromatic heterocycles. The lowest BCUT2D eigenvalue weighted by Crippen LogP contribution is -2.51. The highest BCUT2D eigenvalue weighted by Gasteiger charge is 2.40. The Labute approximate surface area is 116 Å². The van der Waals surface area contributed by atoms with Crippen LogP contribution in [0.25, 0.3) is 0 Å². The molecule has 2 saturated carbocycles. The third kappa shape index (κ3) is 3.48. The molecular weight excluding hydrogens is 240 g/mol. The highest BCUT2D eigenvalue weighted by atomic mass is 16.3. The van der Waals surface area contributed by atoms with E-state index in [-0.39, 0.29) is 23.5 Å².